The summed E-state index contributed by atoms with van der Waals surface area (Å²) < 4.78 is 16.3. The second-order valence-corrected chi connectivity index (χ2v) is 6.56. The number of halogens is 2. The molecular weight excluding hydrogens is 369 g/mol. The van der Waals surface area contributed by atoms with Crippen molar-refractivity contribution in [3.63, 3.8) is 0 Å². The average molecular weight is 384 g/mol. The summed E-state index contributed by atoms with van der Waals surface area (Å²) in [6, 6.07) is 11.6. The van der Waals surface area contributed by atoms with Gasteiger partial charge in [0.25, 0.3) is 0 Å². The Morgan fingerprint density at radius 3 is 2.74 bits per heavy atom. The highest BCUT2D eigenvalue weighted by Crippen LogP contribution is 2.31. The zero-order valence-electron chi connectivity index (χ0n) is 14.4. The van der Waals surface area contributed by atoms with Crippen molar-refractivity contribution in [3.8, 4) is 5.69 Å². The lowest BCUT2D eigenvalue weighted by atomic mass is 9.99. The molecule has 0 saturated heterocycles. The molecule has 0 fully saturated rings. The summed E-state index contributed by atoms with van der Waals surface area (Å²) in [5, 5.41) is 9.98. The van der Waals surface area contributed by atoms with E-state index in [0.29, 0.717) is 45.5 Å². The number of hydrogen-bond donors (Lipinski definition) is 1. The van der Waals surface area contributed by atoms with Gasteiger partial charge in [-0.15, -0.1) is 0 Å². The van der Waals surface area contributed by atoms with Crippen LogP contribution in [0.3, 0.4) is 0 Å². The molecule has 1 aliphatic rings. The van der Waals surface area contributed by atoms with Crippen LogP contribution in [0, 0.1) is 5.82 Å². The second kappa shape index (κ2) is 6.63. The summed E-state index contributed by atoms with van der Waals surface area (Å²) in [4.78, 5) is 20.4. The molecule has 5 nitrogen and oxygen atoms in total. The normalized spacial score (nSPS) is 12.8. The predicted octanol–water partition coefficient (Wildman–Crippen LogP) is 4.28. The van der Waals surface area contributed by atoms with E-state index in [2.05, 4.69) is 9.98 Å². The van der Waals surface area contributed by atoms with Crippen molar-refractivity contribution in [1.29, 1.82) is 0 Å². The summed E-state index contributed by atoms with van der Waals surface area (Å²) in [7, 11) is 0. The van der Waals surface area contributed by atoms with Gasteiger partial charge in [-0.3, -0.25) is 9.56 Å². The Labute approximate surface area is 159 Å². The van der Waals surface area contributed by atoms with Crippen molar-refractivity contribution in [2.75, 3.05) is 0 Å². The molecule has 0 saturated carbocycles. The maximum absolute atomic E-state index is 14.5. The van der Waals surface area contributed by atoms with Gasteiger partial charge in [-0.25, -0.2) is 14.2 Å². The Balaban J connectivity index is 2.03. The monoisotopic (exact) mass is 383 g/mol. The number of hydrogen-bond acceptors (Lipinski definition) is 3. The van der Waals surface area contributed by atoms with Crippen LogP contribution in [0.4, 0.5) is 4.39 Å². The van der Waals surface area contributed by atoms with Crippen molar-refractivity contribution < 1.29 is 14.3 Å². The molecule has 27 heavy (non-hydrogen) atoms. The Bertz CT molecular complexity index is 1100. The highest BCUT2D eigenvalue weighted by atomic mass is 35.5. The number of rotatable bonds is 3. The van der Waals surface area contributed by atoms with Gasteiger partial charge in [-0.05, 0) is 36.8 Å². The predicted molar refractivity (Wildman–Crippen MR) is 101 cm³/mol. The van der Waals surface area contributed by atoms with Crippen molar-refractivity contribution in [2.45, 2.75) is 19.9 Å². The molecule has 1 aliphatic heterocycles. The first kappa shape index (κ1) is 17.4. The lowest BCUT2D eigenvalue weighted by molar-refractivity contribution is 0.0689. The van der Waals surface area contributed by atoms with Crippen LogP contribution < -0.4 is 0 Å². The molecule has 3 aromatic rings. The van der Waals surface area contributed by atoms with Gasteiger partial charge >= 0.3 is 5.97 Å². The second-order valence-electron chi connectivity index (χ2n) is 6.12. The number of carboxylic acids is 1. The molecule has 0 unspecified atom stereocenters. The van der Waals surface area contributed by atoms with Crippen LogP contribution in [0.25, 0.3) is 5.69 Å². The fraction of sp³-hybridized carbons (Fsp3) is 0.150. The van der Waals surface area contributed by atoms with Gasteiger partial charge in [0.05, 0.1) is 23.6 Å². The smallest absolute Gasteiger partial charge is 0.356 e. The first-order valence-electron chi connectivity index (χ1n) is 8.44. The van der Waals surface area contributed by atoms with E-state index in [1.54, 1.807) is 41.0 Å². The number of fused-ring (bicyclic) bond motifs is 3. The van der Waals surface area contributed by atoms with Crippen LogP contribution in [0.5, 0.6) is 0 Å². The first-order chi connectivity index (χ1) is 13.0. The van der Waals surface area contributed by atoms with Crippen molar-refractivity contribution in [1.82, 2.24) is 9.55 Å². The number of benzene rings is 2. The van der Waals surface area contributed by atoms with Crippen molar-refractivity contribution >= 4 is 23.3 Å². The number of carbonyl (C=O) groups is 1. The summed E-state index contributed by atoms with van der Waals surface area (Å²) in [6.07, 6.45) is 0.478. The third kappa shape index (κ3) is 2.82. The van der Waals surface area contributed by atoms with E-state index in [0.717, 1.165) is 0 Å². The molecule has 0 amide bonds. The highest BCUT2D eigenvalue weighted by molar-refractivity contribution is 6.31. The Morgan fingerprint density at radius 2 is 2.04 bits per heavy atom. The SMILES string of the molecule is CCc1c(C(=O)O)nc2n1-c1ccc(Cl)cc1C(c1ccccc1F)=NC2. The zero-order chi connectivity index (χ0) is 19.1. The zero-order valence-corrected chi connectivity index (χ0v) is 15.2. The van der Waals surface area contributed by atoms with Gasteiger partial charge in [0.15, 0.2) is 5.69 Å². The first-order valence-corrected chi connectivity index (χ1v) is 8.82. The van der Waals surface area contributed by atoms with Crippen LogP contribution >= 0.6 is 11.6 Å². The fourth-order valence-corrected chi connectivity index (χ4v) is 3.58. The third-order valence-electron chi connectivity index (χ3n) is 4.54. The summed E-state index contributed by atoms with van der Waals surface area (Å²) in [5.41, 5.74) is 2.74. The van der Waals surface area contributed by atoms with Crippen LogP contribution in [0.15, 0.2) is 47.5 Å². The maximum Gasteiger partial charge on any atom is 0.356 e. The molecule has 4 rings (SSSR count). The molecule has 1 aromatic heterocycles. The highest BCUT2D eigenvalue weighted by Gasteiger charge is 2.27. The summed E-state index contributed by atoms with van der Waals surface area (Å²) >= 11 is 6.21. The van der Waals surface area contributed by atoms with E-state index in [4.69, 9.17) is 11.6 Å². The molecule has 0 aliphatic carbocycles. The number of nitrogens with zero attached hydrogens (tertiary/aromatic N) is 3. The van der Waals surface area contributed by atoms with Gasteiger partial charge in [-0.2, -0.15) is 0 Å². The van der Waals surface area contributed by atoms with Crippen LogP contribution in [-0.2, 0) is 13.0 Å². The molecule has 2 aromatic carbocycles. The molecule has 1 N–H and O–H groups in total. The minimum Gasteiger partial charge on any atom is -0.476 e. The van der Waals surface area contributed by atoms with E-state index in [9.17, 15) is 14.3 Å². The lowest BCUT2D eigenvalue weighted by Gasteiger charge is -2.15. The molecule has 0 spiro atoms. The van der Waals surface area contributed by atoms with Gasteiger partial charge < -0.3 is 5.11 Å². The minimum absolute atomic E-state index is 0.0120. The quantitative estimate of drug-likeness (QED) is 0.734. The number of imidazole rings is 1. The van der Waals surface area contributed by atoms with E-state index in [1.807, 2.05) is 6.92 Å². The Kier molecular flexibility index (Phi) is 4.28. The van der Waals surface area contributed by atoms with Crippen molar-refractivity contribution in [2.24, 2.45) is 4.99 Å². The largest absolute Gasteiger partial charge is 0.476 e. The van der Waals surface area contributed by atoms with E-state index < -0.39 is 5.97 Å². The van der Waals surface area contributed by atoms with Crippen LogP contribution in [0.1, 0.15) is 40.1 Å². The molecule has 0 atom stereocenters. The number of aliphatic imine (C=N–C) groups is 1. The summed E-state index contributed by atoms with van der Waals surface area (Å²) in [6.45, 7) is 2.01. The third-order valence-corrected chi connectivity index (χ3v) is 4.78. The van der Waals surface area contributed by atoms with Crippen molar-refractivity contribution in [3.05, 3.63) is 81.6 Å². The topological polar surface area (TPSA) is 67.5 Å². The van der Waals surface area contributed by atoms with Crippen LogP contribution in [0.2, 0.25) is 5.02 Å². The fourth-order valence-electron chi connectivity index (χ4n) is 3.40. The summed E-state index contributed by atoms with van der Waals surface area (Å²) in [5.74, 6) is -0.968. The maximum atomic E-state index is 14.5. The number of aromatic carboxylic acids is 1. The molecule has 7 heteroatoms. The minimum atomic E-state index is -1.08. The van der Waals surface area contributed by atoms with Gasteiger partial charge in [-0.1, -0.05) is 30.7 Å². The van der Waals surface area contributed by atoms with Gasteiger partial charge in [0.2, 0.25) is 0 Å². The van der Waals surface area contributed by atoms with E-state index >= 15 is 0 Å². The van der Waals surface area contributed by atoms with Gasteiger partial charge in [0, 0.05) is 16.1 Å². The van der Waals surface area contributed by atoms with E-state index in [1.165, 1.54) is 6.07 Å². The van der Waals surface area contributed by atoms with Gasteiger partial charge in [0.1, 0.15) is 11.6 Å². The lowest BCUT2D eigenvalue weighted by Crippen LogP contribution is -2.11. The molecule has 2 heterocycles. The average Bonchev–Trinajstić information content (AvgIpc) is 2.95. The Hall–Kier alpha value is -2.99. The standard InChI is InChI=1S/C20H15ClFN3O2/c1-2-15-19(20(26)27)24-17-10-23-18(12-5-3-4-6-14(12)22)13-9-11(21)7-8-16(13)25(15)17/h3-9H,2,10H2,1H3,(H,26,27). The molecule has 0 radical (unpaired) electrons. The Morgan fingerprint density at radius 1 is 1.26 bits per heavy atom. The number of aromatic nitrogens is 2. The van der Waals surface area contributed by atoms with E-state index in [-0.39, 0.29) is 18.1 Å². The molecule has 0 bridgehead atoms. The number of carboxylic acid groups (broad SMARTS) is 1. The van der Waals surface area contributed by atoms with Crippen LogP contribution in [-0.4, -0.2) is 26.3 Å². The molecule has 136 valence electrons. The molecular formula is C20H15ClFN3O2.